The van der Waals surface area contributed by atoms with Crippen molar-refractivity contribution in [3.05, 3.63) is 88.4 Å². The highest BCUT2D eigenvalue weighted by molar-refractivity contribution is 7.07. The Bertz CT molecular complexity index is 974. The Kier molecular flexibility index (Phi) is 6.11. The van der Waals surface area contributed by atoms with E-state index in [1.54, 1.807) is 11.3 Å². The van der Waals surface area contributed by atoms with E-state index in [4.69, 9.17) is 0 Å². The van der Waals surface area contributed by atoms with Gasteiger partial charge in [0.1, 0.15) is 0 Å². The average molecular weight is 446 g/mol. The SMILES string of the molecule is CN(Cc1cscn1)C(=O)C1CC12CCN(CC(c1ccccc1)c1ccccc1)CC2. The monoisotopic (exact) mass is 445 g/mol. The summed E-state index contributed by atoms with van der Waals surface area (Å²) in [6.07, 6.45) is 3.32. The first-order valence-corrected chi connectivity index (χ1v) is 12.5. The Morgan fingerprint density at radius 2 is 1.72 bits per heavy atom. The predicted octanol–water partition coefficient (Wildman–Crippen LogP) is 5.04. The molecule has 1 aromatic heterocycles. The minimum absolute atomic E-state index is 0.201. The van der Waals surface area contributed by atoms with Gasteiger partial charge in [0, 0.05) is 30.8 Å². The third kappa shape index (κ3) is 4.50. The summed E-state index contributed by atoms with van der Waals surface area (Å²) in [6.45, 7) is 3.81. The number of thiazole rings is 1. The van der Waals surface area contributed by atoms with E-state index < -0.39 is 0 Å². The third-order valence-corrected chi connectivity index (χ3v) is 8.08. The van der Waals surface area contributed by atoms with Crippen molar-refractivity contribution in [3.63, 3.8) is 0 Å². The molecule has 1 spiro atoms. The zero-order chi connectivity index (χ0) is 22.0. The van der Waals surface area contributed by atoms with Crippen LogP contribution >= 0.6 is 11.3 Å². The molecule has 0 N–H and O–H groups in total. The molecule has 5 rings (SSSR count). The minimum Gasteiger partial charge on any atom is -0.340 e. The molecule has 2 heterocycles. The van der Waals surface area contributed by atoms with Gasteiger partial charge in [-0.2, -0.15) is 0 Å². The van der Waals surface area contributed by atoms with Gasteiger partial charge in [-0.1, -0.05) is 60.7 Å². The van der Waals surface area contributed by atoms with Gasteiger partial charge in [-0.05, 0) is 48.9 Å². The zero-order valence-electron chi connectivity index (χ0n) is 18.7. The van der Waals surface area contributed by atoms with Gasteiger partial charge in [0.05, 0.1) is 17.7 Å². The van der Waals surface area contributed by atoms with E-state index in [2.05, 4.69) is 70.5 Å². The first-order chi connectivity index (χ1) is 15.6. The highest BCUT2D eigenvalue weighted by Crippen LogP contribution is 2.60. The van der Waals surface area contributed by atoms with Crippen molar-refractivity contribution >= 4 is 17.2 Å². The number of aromatic nitrogens is 1. The second kappa shape index (κ2) is 9.16. The molecule has 2 fully saturated rings. The standard InChI is InChI=1S/C27H31N3OS/c1-29(17-23-19-32-20-28-23)26(31)25-16-27(25)12-14-30(15-13-27)18-24(21-8-4-2-5-9-21)22-10-6-3-7-11-22/h2-11,19-20,24-25H,12-18H2,1H3. The van der Waals surface area contributed by atoms with E-state index >= 15 is 0 Å². The molecule has 1 saturated carbocycles. The van der Waals surface area contributed by atoms with Crippen LogP contribution < -0.4 is 0 Å². The number of hydrogen-bond donors (Lipinski definition) is 0. The zero-order valence-corrected chi connectivity index (χ0v) is 19.5. The lowest BCUT2D eigenvalue weighted by Crippen LogP contribution is -2.39. The maximum atomic E-state index is 13.0. The van der Waals surface area contributed by atoms with Crippen LogP contribution in [0.3, 0.4) is 0 Å². The molecule has 5 heteroatoms. The molecule has 32 heavy (non-hydrogen) atoms. The van der Waals surface area contributed by atoms with Crippen molar-refractivity contribution in [2.75, 3.05) is 26.7 Å². The van der Waals surface area contributed by atoms with Crippen molar-refractivity contribution in [2.24, 2.45) is 11.3 Å². The van der Waals surface area contributed by atoms with Crippen LogP contribution in [0.4, 0.5) is 0 Å². The van der Waals surface area contributed by atoms with Gasteiger partial charge in [-0.25, -0.2) is 4.98 Å². The van der Waals surface area contributed by atoms with E-state index in [0.717, 1.165) is 44.6 Å². The Morgan fingerprint density at radius 3 is 2.28 bits per heavy atom. The molecule has 1 atom stereocenters. The first kappa shape index (κ1) is 21.4. The molecule has 3 aromatic rings. The fraction of sp³-hybridized carbons (Fsp3) is 0.407. The summed E-state index contributed by atoms with van der Waals surface area (Å²) in [6, 6.07) is 21.7. The third-order valence-electron chi connectivity index (χ3n) is 7.44. The summed E-state index contributed by atoms with van der Waals surface area (Å²) in [5.41, 5.74) is 5.81. The lowest BCUT2D eigenvalue weighted by Gasteiger charge is -2.35. The largest absolute Gasteiger partial charge is 0.340 e. The highest BCUT2D eigenvalue weighted by Gasteiger charge is 2.59. The molecule has 0 bridgehead atoms. The number of benzene rings is 2. The molecule has 2 aliphatic rings. The van der Waals surface area contributed by atoms with E-state index in [9.17, 15) is 4.79 Å². The second-order valence-corrected chi connectivity index (χ2v) is 10.2. The quantitative estimate of drug-likeness (QED) is 0.511. The molecule has 1 aliphatic carbocycles. The van der Waals surface area contributed by atoms with Crippen molar-refractivity contribution in [2.45, 2.75) is 31.7 Å². The molecule has 1 unspecified atom stereocenters. The molecular weight excluding hydrogens is 414 g/mol. The maximum absolute atomic E-state index is 13.0. The Hall–Kier alpha value is -2.50. The Balaban J connectivity index is 1.20. The van der Waals surface area contributed by atoms with E-state index in [1.807, 2.05) is 22.8 Å². The van der Waals surface area contributed by atoms with Crippen LogP contribution in [0.25, 0.3) is 0 Å². The van der Waals surface area contributed by atoms with E-state index in [0.29, 0.717) is 18.4 Å². The van der Waals surface area contributed by atoms with Gasteiger partial charge in [0.2, 0.25) is 5.91 Å². The normalized spacial score (nSPS) is 19.9. The van der Waals surface area contributed by atoms with Crippen LogP contribution in [0.1, 0.15) is 42.0 Å². The van der Waals surface area contributed by atoms with E-state index in [1.165, 1.54) is 11.1 Å². The summed E-state index contributed by atoms with van der Waals surface area (Å²) in [5, 5.41) is 2.03. The fourth-order valence-electron chi connectivity index (χ4n) is 5.37. The number of likely N-dealkylation sites (tertiary alicyclic amines) is 1. The number of hydrogen-bond acceptors (Lipinski definition) is 4. The minimum atomic E-state index is 0.201. The summed E-state index contributed by atoms with van der Waals surface area (Å²) < 4.78 is 0. The van der Waals surface area contributed by atoms with Crippen molar-refractivity contribution in [1.29, 1.82) is 0 Å². The van der Waals surface area contributed by atoms with Crippen LogP contribution in [0.2, 0.25) is 0 Å². The summed E-state index contributed by atoms with van der Waals surface area (Å²) in [4.78, 5) is 21.8. The summed E-state index contributed by atoms with van der Waals surface area (Å²) in [5.74, 6) is 0.887. The fourth-order valence-corrected chi connectivity index (χ4v) is 5.91. The molecule has 1 aliphatic heterocycles. The van der Waals surface area contributed by atoms with Crippen LogP contribution in [-0.2, 0) is 11.3 Å². The smallest absolute Gasteiger partial charge is 0.226 e. The van der Waals surface area contributed by atoms with E-state index in [-0.39, 0.29) is 11.3 Å². The van der Waals surface area contributed by atoms with Crippen molar-refractivity contribution in [1.82, 2.24) is 14.8 Å². The van der Waals surface area contributed by atoms with Crippen LogP contribution in [0, 0.1) is 11.3 Å². The van der Waals surface area contributed by atoms with Crippen LogP contribution in [-0.4, -0.2) is 47.4 Å². The molecule has 1 saturated heterocycles. The number of rotatable bonds is 7. The first-order valence-electron chi connectivity index (χ1n) is 11.6. The van der Waals surface area contributed by atoms with Crippen LogP contribution in [0.5, 0.6) is 0 Å². The van der Waals surface area contributed by atoms with Gasteiger partial charge < -0.3 is 9.80 Å². The van der Waals surface area contributed by atoms with Gasteiger partial charge in [-0.15, -0.1) is 11.3 Å². The Morgan fingerprint density at radius 1 is 1.09 bits per heavy atom. The van der Waals surface area contributed by atoms with Crippen molar-refractivity contribution < 1.29 is 4.79 Å². The lowest BCUT2D eigenvalue weighted by atomic mass is 9.87. The molecular formula is C27H31N3OS. The molecule has 2 aromatic carbocycles. The summed E-state index contributed by atoms with van der Waals surface area (Å²) >= 11 is 1.59. The second-order valence-electron chi connectivity index (χ2n) is 9.47. The van der Waals surface area contributed by atoms with Gasteiger partial charge in [0.15, 0.2) is 0 Å². The Labute approximate surface area is 194 Å². The molecule has 4 nitrogen and oxygen atoms in total. The number of carbonyl (C=O) groups excluding carboxylic acids is 1. The summed E-state index contributed by atoms with van der Waals surface area (Å²) in [7, 11) is 1.92. The number of amides is 1. The van der Waals surface area contributed by atoms with Gasteiger partial charge >= 0.3 is 0 Å². The molecule has 0 radical (unpaired) electrons. The van der Waals surface area contributed by atoms with Gasteiger partial charge in [0.25, 0.3) is 0 Å². The highest BCUT2D eigenvalue weighted by atomic mass is 32.1. The lowest BCUT2D eigenvalue weighted by molar-refractivity contribution is -0.133. The molecule has 166 valence electrons. The topological polar surface area (TPSA) is 36.4 Å². The predicted molar refractivity (Wildman–Crippen MR) is 130 cm³/mol. The van der Waals surface area contributed by atoms with Crippen molar-refractivity contribution in [3.8, 4) is 0 Å². The average Bonchev–Trinajstić information content (AvgIpc) is 3.28. The number of nitrogens with zero attached hydrogens (tertiary/aromatic N) is 3. The number of piperidine rings is 1. The number of carbonyl (C=O) groups is 1. The molecule has 1 amide bonds. The van der Waals surface area contributed by atoms with Gasteiger partial charge in [-0.3, -0.25) is 4.79 Å². The maximum Gasteiger partial charge on any atom is 0.226 e. The van der Waals surface area contributed by atoms with Crippen LogP contribution in [0.15, 0.2) is 71.6 Å².